The molecule has 0 radical (unpaired) electrons. The fourth-order valence-electron chi connectivity index (χ4n) is 1.95. The molecule has 2 aromatic rings. The zero-order valence-electron chi connectivity index (χ0n) is 11.4. The van der Waals surface area contributed by atoms with Crippen molar-refractivity contribution < 1.29 is 13.2 Å². The molecular weight excluding hydrogens is 263 g/mol. The van der Waals surface area contributed by atoms with E-state index in [-0.39, 0.29) is 12.6 Å². The number of hydrogen-bond donors (Lipinski definition) is 1. The van der Waals surface area contributed by atoms with Crippen LogP contribution in [0.1, 0.15) is 29.7 Å². The molecule has 0 aromatic heterocycles. The monoisotopic (exact) mass is 279 g/mol. The van der Waals surface area contributed by atoms with Crippen molar-refractivity contribution in [1.82, 2.24) is 5.32 Å². The summed E-state index contributed by atoms with van der Waals surface area (Å²) in [6.07, 6.45) is 0. The summed E-state index contributed by atoms with van der Waals surface area (Å²) in [5.74, 6) is -3.75. The zero-order valence-corrected chi connectivity index (χ0v) is 11.4. The quantitative estimate of drug-likeness (QED) is 0.824. The van der Waals surface area contributed by atoms with Crippen LogP contribution in [-0.4, -0.2) is 0 Å². The van der Waals surface area contributed by atoms with Gasteiger partial charge in [-0.1, -0.05) is 29.8 Å². The number of rotatable bonds is 4. The third-order valence-corrected chi connectivity index (χ3v) is 3.23. The van der Waals surface area contributed by atoms with Gasteiger partial charge in [-0.2, -0.15) is 0 Å². The van der Waals surface area contributed by atoms with Gasteiger partial charge in [0.2, 0.25) is 0 Å². The Bertz CT molecular complexity index is 570. The van der Waals surface area contributed by atoms with E-state index in [0.717, 1.165) is 17.7 Å². The van der Waals surface area contributed by atoms with Crippen LogP contribution >= 0.6 is 0 Å². The van der Waals surface area contributed by atoms with E-state index < -0.39 is 17.5 Å². The first-order valence-electron chi connectivity index (χ1n) is 6.40. The van der Waals surface area contributed by atoms with E-state index in [1.807, 2.05) is 38.1 Å². The summed E-state index contributed by atoms with van der Waals surface area (Å²) < 4.78 is 39.0. The second kappa shape index (κ2) is 6.09. The van der Waals surface area contributed by atoms with Crippen LogP contribution in [0.25, 0.3) is 0 Å². The lowest BCUT2D eigenvalue weighted by Gasteiger charge is -2.15. The van der Waals surface area contributed by atoms with Crippen LogP contribution in [0.2, 0.25) is 0 Å². The maximum Gasteiger partial charge on any atom is 0.194 e. The number of aryl methyl sites for hydroxylation is 1. The van der Waals surface area contributed by atoms with Gasteiger partial charge < -0.3 is 5.32 Å². The van der Waals surface area contributed by atoms with Gasteiger partial charge in [0, 0.05) is 12.6 Å². The fourth-order valence-corrected chi connectivity index (χ4v) is 1.95. The summed E-state index contributed by atoms with van der Waals surface area (Å²) in [5, 5.41) is 3.15. The SMILES string of the molecule is Cc1ccc([C@@H](C)NCc2cc(F)c(F)c(F)c2)cc1. The minimum absolute atomic E-state index is 0.0341. The predicted octanol–water partition coefficient (Wildman–Crippen LogP) is 4.26. The summed E-state index contributed by atoms with van der Waals surface area (Å²) >= 11 is 0. The maximum atomic E-state index is 13.1. The van der Waals surface area contributed by atoms with Crippen LogP contribution < -0.4 is 5.32 Å². The molecule has 0 aliphatic carbocycles. The van der Waals surface area contributed by atoms with Crippen LogP contribution in [0.5, 0.6) is 0 Å². The van der Waals surface area contributed by atoms with E-state index in [9.17, 15) is 13.2 Å². The lowest BCUT2D eigenvalue weighted by Crippen LogP contribution is -2.18. The first-order chi connectivity index (χ1) is 9.47. The van der Waals surface area contributed by atoms with E-state index in [0.29, 0.717) is 5.56 Å². The molecule has 1 nitrogen and oxygen atoms in total. The van der Waals surface area contributed by atoms with Gasteiger partial charge in [0.25, 0.3) is 0 Å². The largest absolute Gasteiger partial charge is 0.306 e. The molecular formula is C16H16F3N. The highest BCUT2D eigenvalue weighted by atomic mass is 19.2. The molecule has 1 atom stereocenters. The Kier molecular flexibility index (Phi) is 4.45. The minimum Gasteiger partial charge on any atom is -0.306 e. The second-order valence-corrected chi connectivity index (χ2v) is 4.89. The van der Waals surface area contributed by atoms with Gasteiger partial charge in [-0.3, -0.25) is 0 Å². The third-order valence-electron chi connectivity index (χ3n) is 3.23. The highest BCUT2D eigenvalue weighted by molar-refractivity contribution is 5.24. The second-order valence-electron chi connectivity index (χ2n) is 4.89. The Labute approximate surface area is 116 Å². The molecule has 0 bridgehead atoms. The zero-order chi connectivity index (χ0) is 14.7. The molecule has 0 aliphatic rings. The minimum atomic E-state index is -1.43. The summed E-state index contributed by atoms with van der Waals surface area (Å²) in [4.78, 5) is 0. The lowest BCUT2D eigenvalue weighted by atomic mass is 10.1. The summed E-state index contributed by atoms with van der Waals surface area (Å²) in [6, 6.07) is 10.1. The molecule has 0 heterocycles. The molecule has 106 valence electrons. The van der Waals surface area contributed by atoms with E-state index in [2.05, 4.69) is 5.32 Å². The first-order valence-corrected chi connectivity index (χ1v) is 6.40. The highest BCUT2D eigenvalue weighted by Crippen LogP contribution is 2.16. The molecule has 0 unspecified atom stereocenters. The summed E-state index contributed by atoms with van der Waals surface area (Å²) in [7, 11) is 0. The van der Waals surface area contributed by atoms with Crippen LogP contribution in [0.15, 0.2) is 36.4 Å². The van der Waals surface area contributed by atoms with Gasteiger partial charge in [0.1, 0.15) is 0 Å². The van der Waals surface area contributed by atoms with Crippen molar-refractivity contribution in [2.24, 2.45) is 0 Å². The number of halogens is 3. The third kappa shape index (κ3) is 3.39. The van der Waals surface area contributed by atoms with E-state index in [1.165, 1.54) is 5.56 Å². The topological polar surface area (TPSA) is 12.0 Å². The summed E-state index contributed by atoms with van der Waals surface area (Å²) in [5.41, 5.74) is 2.63. The molecule has 2 rings (SSSR count). The molecule has 0 fully saturated rings. The molecule has 0 spiro atoms. The Morgan fingerprint density at radius 3 is 2.10 bits per heavy atom. The molecule has 0 saturated heterocycles. The molecule has 4 heteroatoms. The Morgan fingerprint density at radius 1 is 1.00 bits per heavy atom. The molecule has 2 aromatic carbocycles. The predicted molar refractivity (Wildman–Crippen MR) is 72.7 cm³/mol. The van der Waals surface area contributed by atoms with Crippen molar-refractivity contribution in [2.75, 3.05) is 0 Å². The molecule has 0 aliphatic heterocycles. The van der Waals surface area contributed by atoms with Crippen LogP contribution in [0, 0.1) is 24.4 Å². The van der Waals surface area contributed by atoms with Crippen molar-refractivity contribution in [3.63, 3.8) is 0 Å². The van der Waals surface area contributed by atoms with Gasteiger partial charge in [-0.25, -0.2) is 13.2 Å². The molecule has 1 N–H and O–H groups in total. The van der Waals surface area contributed by atoms with Gasteiger partial charge >= 0.3 is 0 Å². The average Bonchev–Trinajstić information content (AvgIpc) is 2.42. The normalized spacial score (nSPS) is 12.4. The number of hydrogen-bond acceptors (Lipinski definition) is 1. The average molecular weight is 279 g/mol. The fraction of sp³-hybridized carbons (Fsp3) is 0.250. The van der Waals surface area contributed by atoms with Crippen molar-refractivity contribution in [1.29, 1.82) is 0 Å². The van der Waals surface area contributed by atoms with Crippen LogP contribution in [0.3, 0.4) is 0 Å². The number of benzene rings is 2. The number of nitrogens with one attached hydrogen (secondary N) is 1. The van der Waals surface area contributed by atoms with Crippen molar-refractivity contribution in [2.45, 2.75) is 26.4 Å². The van der Waals surface area contributed by atoms with Gasteiger partial charge in [-0.15, -0.1) is 0 Å². The van der Waals surface area contributed by atoms with Crippen LogP contribution in [0.4, 0.5) is 13.2 Å². The molecule has 0 saturated carbocycles. The van der Waals surface area contributed by atoms with Gasteiger partial charge in [-0.05, 0) is 37.1 Å². The van der Waals surface area contributed by atoms with Crippen molar-refractivity contribution in [3.05, 3.63) is 70.5 Å². The van der Waals surface area contributed by atoms with Crippen molar-refractivity contribution >= 4 is 0 Å². The Morgan fingerprint density at radius 2 is 1.55 bits per heavy atom. The van der Waals surface area contributed by atoms with Crippen molar-refractivity contribution in [3.8, 4) is 0 Å². The maximum absolute atomic E-state index is 13.1. The lowest BCUT2D eigenvalue weighted by molar-refractivity contribution is 0.443. The first kappa shape index (κ1) is 14.6. The molecule has 0 amide bonds. The van der Waals surface area contributed by atoms with Gasteiger partial charge in [0.15, 0.2) is 17.5 Å². The van der Waals surface area contributed by atoms with Crippen LogP contribution in [-0.2, 0) is 6.54 Å². The van der Waals surface area contributed by atoms with E-state index >= 15 is 0 Å². The Balaban J connectivity index is 2.03. The highest BCUT2D eigenvalue weighted by Gasteiger charge is 2.11. The van der Waals surface area contributed by atoms with Gasteiger partial charge in [0.05, 0.1) is 0 Å². The standard InChI is InChI=1S/C16H16F3N/c1-10-3-5-13(6-4-10)11(2)20-9-12-7-14(17)16(19)15(18)8-12/h3-8,11,20H,9H2,1-2H3/t11-/m1/s1. The van der Waals surface area contributed by atoms with E-state index in [1.54, 1.807) is 0 Å². The smallest absolute Gasteiger partial charge is 0.194 e. The Hall–Kier alpha value is -1.81. The van der Waals surface area contributed by atoms with E-state index in [4.69, 9.17) is 0 Å². The molecule has 20 heavy (non-hydrogen) atoms. The summed E-state index contributed by atoms with van der Waals surface area (Å²) in [6.45, 7) is 4.23.